The highest BCUT2D eigenvalue weighted by molar-refractivity contribution is 7.99. The fraction of sp³-hybridized carbons (Fsp3) is 0.300. The maximum absolute atomic E-state index is 12.9. The SMILES string of the molecule is CCn1c(=NC(=O)CCSc2ccc(F)cc2)sc2c(OC)ccc(OC)c21. The molecular weight excluding hydrogens is 399 g/mol. The van der Waals surface area contributed by atoms with Crippen LogP contribution in [-0.4, -0.2) is 30.4 Å². The minimum atomic E-state index is -0.268. The summed E-state index contributed by atoms with van der Waals surface area (Å²) in [7, 11) is 3.24. The van der Waals surface area contributed by atoms with E-state index in [9.17, 15) is 9.18 Å². The second-order valence-corrected chi connectivity index (χ2v) is 7.98. The topological polar surface area (TPSA) is 52.8 Å². The summed E-state index contributed by atoms with van der Waals surface area (Å²) in [5, 5.41) is 0. The largest absolute Gasteiger partial charge is 0.495 e. The monoisotopic (exact) mass is 420 g/mol. The molecule has 2 aromatic carbocycles. The highest BCUT2D eigenvalue weighted by atomic mass is 32.2. The van der Waals surface area contributed by atoms with Gasteiger partial charge in [0.05, 0.1) is 14.2 Å². The van der Waals surface area contributed by atoms with E-state index in [1.165, 1.54) is 35.2 Å². The van der Waals surface area contributed by atoms with Crippen LogP contribution >= 0.6 is 23.1 Å². The van der Waals surface area contributed by atoms with E-state index in [1.54, 1.807) is 26.4 Å². The van der Waals surface area contributed by atoms with Gasteiger partial charge >= 0.3 is 0 Å². The molecule has 0 saturated carbocycles. The summed E-state index contributed by atoms with van der Waals surface area (Å²) in [6, 6.07) is 9.94. The smallest absolute Gasteiger partial charge is 0.249 e. The third kappa shape index (κ3) is 4.39. The van der Waals surface area contributed by atoms with Crippen LogP contribution in [-0.2, 0) is 11.3 Å². The van der Waals surface area contributed by atoms with Gasteiger partial charge in [-0.2, -0.15) is 4.99 Å². The number of thiazole rings is 1. The van der Waals surface area contributed by atoms with Gasteiger partial charge in [0.1, 0.15) is 27.5 Å². The third-order valence-electron chi connectivity index (χ3n) is 4.13. The predicted molar refractivity (Wildman–Crippen MR) is 111 cm³/mol. The normalized spacial score (nSPS) is 11.8. The number of hydrogen-bond donors (Lipinski definition) is 0. The highest BCUT2D eigenvalue weighted by Gasteiger charge is 2.15. The van der Waals surface area contributed by atoms with E-state index in [-0.39, 0.29) is 11.7 Å². The molecule has 0 aliphatic rings. The van der Waals surface area contributed by atoms with Gasteiger partial charge in [0, 0.05) is 23.6 Å². The standard InChI is InChI=1S/C20H21FN2O3S2/c1-4-23-18-15(25-2)9-10-16(26-3)19(18)28-20(23)22-17(24)11-12-27-14-7-5-13(21)6-8-14/h5-10H,4,11-12H2,1-3H3. The van der Waals surface area contributed by atoms with E-state index in [4.69, 9.17) is 9.47 Å². The molecule has 8 heteroatoms. The molecule has 3 rings (SSSR count). The van der Waals surface area contributed by atoms with Gasteiger partial charge < -0.3 is 14.0 Å². The number of benzene rings is 2. The average Bonchev–Trinajstić information content (AvgIpc) is 3.06. The zero-order valence-electron chi connectivity index (χ0n) is 15.9. The fourth-order valence-corrected chi connectivity index (χ4v) is 4.84. The number of fused-ring (bicyclic) bond motifs is 1. The molecule has 0 aliphatic carbocycles. The minimum absolute atomic E-state index is 0.193. The molecule has 0 spiro atoms. The van der Waals surface area contributed by atoms with E-state index in [1.807, 2.05) is 23.6 Å². The van der Waals surface area contributed by atoms with Crippen molar-refractivity contribution in [2.75, 3.05) is 20.0 Å². The minimum Gasteiger partial charge on any atom is -0.495 e. The molecule has 0 N–H and O–H groups in total. The van der Waals surface area contributed by atoms with Gasteiger partial charge in [0.15, 0.2) is 4.80 Å². The molecule has 1 amide bonds. The van der Waals surface area contributed by atoms with Gasteiger partial charge in [0.25, 0.3) is 0 Å². The van der Waals surface area contributed by atoms with Crippen LogP contribution in [0.1, 0.15) is 13.3 Å². The van der Waals surface area contributed by atoms with Crippen LogP contribution in [0.3, 0.4) is 0 Å². The Hall–Kier alpha value is -2.32. The van der Waals surface area contributed by atoms with E-state index in [0.29, 0.717) is 23.5 Å². The number of methoxy groups -OCH3 is 2. The number of aromatic nitrogens is 1. The first-order valence-corrected chi connectivity index (χ1v) is 10.6. The number of halogens is 1. The number of amides is 1. The third-order valence-corrected chi connectivity index (χ3v) is 6.23. The van der Waals surface area contributed by atoms with Gasteiger partial charge in [-0.15, -0.1) is 11.8 Å². The molecule has 0 fully saturated rings. The van der Waals surface area contributed by atoms with Crippen LogP contribution in [0.5, 0.6) is 11.5 Å². The molecular formula is C20H21FN2O3S2. The van der Waals surface area contributed by atoms with Gasteiger partial charge in [-0.3, -0.25) is 4.79 Å². The molecule has 0 unspecified atom stereocenters. The second kappa shape index (κ2) is 9.25. The van der Waals surface area contributed by atoms with E-state index >= 15 is 0 Å². The summed E-state index contributed by atoms with van der Waals surface area (Å²) in [6.07, 6.45) is 0.300. The van der Waals surface area contributed by atoms with Gasteiger partial charge in [-0.25, -0.2) is 4.39 Å². The van der Waals surface area contributed by atoms with Crippen molar-refractivity contribution in [3.63, 3.8) is 0 Å². The zero-order chi connectivity index (χ0) is 20.1. The molecule has 0 radical (unpaired) electrons. The molecule has 5 nitrogen and oxygen atoms in total. The Balaban J connectivity index is 1.84. The van der Waals surface area contributed by atoms with Crippen molar-refractivity contribution >= 4 is 39.2 Å². The van der Waals surface area contributed by atoms with Crippen LogP contribution < -0.4 is 14.3 Å². The van der Waals surface area contributed by atoms with Crippen LogP contribution in [0.4, 0.5) is 4.39 Å². The Labute approximate surface area is 170 Å². The number of aryl methyl sites for hydroxylation is 1. The Morgan fingerprint density at radius 3 is 2.46 bits per heavy atom. The molecule has 0 bridgehead atoms. The first-order chi connectivity index (χ1) is 13.6. The van der Waals surface area contributed by atoms with Crippen molar-refractivity contribution in [3.05, 3.63) is 47.0 Å². The molecule has 0 atom stereocenters. The molecule has 148 valence electrons. The van der Waals surface area contributed by atoms with Gasteiger partial charge in [0.2, 0.25) is 5.91 Å². The van der Waals surface area contributed by atoms with Crippen molar-refractivity contribution in [1.29, 1.82) is 0 Å². The number of thioether (sulfide) groups is 1. The summed E-state index contributed by atoms with van der Waals surface area (Å²) < 4.78 is 26.7. The van der Waals surface area contributed by atoms with Crippen LogP contribution in [0.2, 0.25) is 0 Å². The summed E-state index contributed by atoms with van der Waals surface area (Å²) in [5.41, 5.74) is 0.876. The average molecular weight is 421 g/mol. The second-order valence-electron chi connectivity index (χ2n) is 5.83. The Kier molecular flexibility index (Phi) is 6.74. The molecule has 3 aromatic rings. The van der Waals surface area contributed by atoms with Gasteiger partial charge in [-0.1, -0.05) is 11.3 Å². The number of hydrogen-bond acceptors (Lipinski definition) is 5. The maximum Gasteiger partial charge on any atom is 0.249 e. The summed E-state index contributed by atoms with van der Waals surface area (Å²) in [4.78, 5) is 18.3. The summed E-state index contributed by atoms with van der Waals surface area (Å²) >= 11 is 2.92. The summed E-state index contributed by atoms with van der Waals surface area (Å²) in [5.74, 6) is 1.56. The van der Waals surface area contributed by atoms with Crippen molar-refractivity contribution in [1.82, 2.24) is 4.57 Å². The number of rotatable bonds is 7. The zero-order valence-corrected chi connectivity index (χ0v) is 17.5. The highest BCUT2D eigenvalue weighted by Crippen LogP contribution is 2.35. The molecule has 0 aliphatic heterocycles. The molecule has 0 saturated heterocycles. The fourth-order valence-electron chi connectivity index (χ4n) is 2.78. The quantitative estimate of drug-likeness (QED) is 0.529. The molecule has 1 aromatic heterocycles. The van der Waals surface area contributed by atoms with Crippen molar-refractivity contribution in [2.24, 2.45) is 4.99 Å². The Morgan fingerprint density at radius 2 is 1.82 bits per heavy atom. The number of ether oxygens (including phenoxy) is 2. The lowest BCUT2D eigenvalue weighted by Crippen LogP contribution is -2.16. The first-order valence-electron chi connectivity index (χ1n) is 8.77. The predicted octanol–water partition coefficient (Wildman–Crippen LogP) is 4.49. The van der Waals surface area contributed by atoms with E-state index in [0.717, 1.165) is 26.6 Å². The van der Waals surface area contributed by atoms with E-state index < -0.39 is 0 Å². The number of carbonyl (C=O) groups is 1. The van der Waals surface area contributed by atoms with Gasteiger partial charge in [-0.05, 0) is 43.3 Å². The first kappa shape index (κ1) is 20.4. The Morgan fingerprint density at radius 1 is 1.14 bits per heavy atom. The van der Waals surface area contributed by atoms with E-state index in [2.05, 4.69) is 4.99 Å². The van der Waals surface area contributed by atoms with Crippen molar-refractivity contribution in [2.45, 2.75) is 24.8 Å². The number of carbonyl (C=O) groups excluding carboxylic acids is 1. The maximum atomic E-state index is 12.9. The van der Waals surface area contributed by atoms with Crippen molar-refractivity contribution < 1.29 is 18.7 Å². The van der Waals surface area contributed by atoms with Crippen molar-refractivity contribution in [3.8, 4) is 11.5 Å². The summed E-state index contributed by atoms with van der Waals surface area (Å²) in [6.45, 7) is 2.65. The lowest BCUT2D eigenvalue weighted by molar-refractivity contribution is -0.117. The molecule has 1 heterocycles. The number of nitrogens with zero attached hydrogens (tertiary/aromatic N) is 2. The van der Waals surface area contributed by atoms with Crippen LogP contribution in [0.25, 0.3) is 10.2 Å². The van der Waals surface area contributed by atoms with Crippen LogP contribution in [0.15, 0.2) is 46.3 Å². The lowest BCUT2D eigenvalue weighted by atomic mass is 10.3. The van der Waals surface area contributed by atoms with Crippen LogP contribution in [0, 0.1) is 5.82 Å². The Bertz CT molecular complexity index is 1040. The lowest BCUT2D eigenvalue weighted by Gasteiger charge is -2.08. The molecule has 28 heavy (non-hydrogen) atoms.